The summed E-state index contributed by atoms with van der Waals surface area (Å²) in [6, 6.07) is 0. The van der Waals surface area contributed by atoms with Gasteiger partial charge >= 0.3 is 0 Å². The molecule has 0 rings (SSSR count). The van der Waals surface area contributed by atoms with Gasteiger partial charge in [0, 0.05) is 13.1 Å². The minimum atomic E-state index is 0.192. The van der Waals surface area contributed by atoms with E-state index in [9.17, 15) is 0 Å². The molecule has 0 amide bonds. The number of rotatable bonds is 20. The third kappa shape index (κ3) is 20.0. The standard InChI is InChI=1S/C22H47NO2/c1-22(2)16-14-12-10-8-6-4-3-5-7-9-11-13-15-17-23(18-20-24)19-21-25/h22,24-25H,3-21H2,1-2H3. The minimum Gasteiger partial charge on any atom is -0.395 e. The fourth-order valence-electron chi connectivity index (χ4n) is 3.45. The first kappa shape index (κ1) is 24.9. The van der Waals surface area contributed by atoms with Crippen LogP contribution in [0.15, 0.2) is 0 Å². The van der Waals surface area contributed by atoms with Crippen LogP contribution in [0.25, 0.3) is 0 Å². The van der Waals surface area contributed by atoms with Crippen molar-refractivity contribution in [2.75, 3.05) is 32.8 Å². The van der Waals surface area contributed by atoms with Crippen LogP contribution in [0.2, 0.25) is 0 Å². The second kappa shape index (κ2) is 20.2. The zero-order valence-corrected chi connectivity index (χ0v) is 17.4. The van der Waals surface area contributed by atoms with Gasteiger partial charge in [0.15, 0.2) is 0 Å². The third-order valence-corrected chi connectivity index (χ3v) is 5.09. The fraction of sp³-hybridized carbons (Fsp3) is 1.00. The molecule has 25 heavy (non-hydrogen) atoms. The van der Waals surface area contributed by atoms with Crippen LogP contribution in [0.5, 0.6) is 0 Å². The lowest BCUT2D eigenvalue weighted by Gasteiger charge is -2.19. The molecule has 0 spiro atoms. The van der Waals surface area contributed by atoms with Crippen molar-refractivity contribution in [1.82, 2.24) is 4.90 Å². The fourth-order valence-corrected chi connectivity index (χ4v) is 3.45. The van der Waals surface area contributed by atoms with Crippen molar-refractivity contribution in [3.05, 3.63) is 0 Å². The third-order valence-electron chi connectivity index (χ3n) is 5.09. The van der Waals surface area contributed by atoms with Gasteiger partial charge in [-0.25, -0.2) is 0 Å². The van der Waals surface area contributed by atoms with Gasteiger partial charge in [-0.2, -0.15) is 0 Å². The van der Waals surface area contributed by atoms with Crippen LogP contribution in [-0.2, 0) is 0 Å². The highest BCUT2D eigenvalue weighted by molar-refractivity contribution is 4.57. The van der Waals surface area contributed by atoms with Gasteiger partial charge < -0.3 is 10.2 Å². The SMILES string of the molecule is CC(C)CCCCCCCCCCCCCCCN(CCO)CCO. The lowest BCUT2D eigenvalue weighted by Crippen LogP contribution is -2.30. The van der Waals surface area contributed by atoms with E-state index in [1.807, 2.05) is 0 Å². The normalized spacial score (nSPS) is 11.8. The van der Waals surface area contributed by atoms with Gasteiger partial charge in [-0.1, -0.05) is 97.3 Å². The van der Waals surface area contributed by atoms with Crippen LogP contribution < -0.4 is 0 Å². The van der Waals surface area contributed by atoms with Crippen molar-refractivity contribution in [2.24, 2.45) is 5.92 Å². The maximum absolute atomic E-state index is 8.98. The van der Waals surface area contributed by atoms with E-state index in [2.05, 4.69) is 18.7 Å². The largest absolute Gasteiger partial charge is 0.395 e. The Bertz CT molecular complexity index is 240. The molecule has 0 fully saturated rings. The van der Waals surface area contributed by atoms with Gasteiger partial charge in [-0.05, 0) is 18.9 Å². The molecule has 0 bridgehead atoms. The monoisotopic (exact) mass is 357 g/mol. The Morgan fingerprint density at radius 3 is 1.24 bits per heavy atom. The van der Waals surface area contributed by atoms with Crippen LogP contribution in [0, 0.1) is 5.92 Å². The molecule has 3 nitrogen and oxygen atoms in total. The van der Waals surface area contributed by atoms with Gasteiger partial charge in [0.25, 0.3) is 0 Å². The smallest absolute Gasteiger partial charge is 0.0558 e. The Morgan fingerprint density at radius 2 is 0.880 bits per heavy atom. The van der Waals surface area contributed by atoms with Gasteiger partial charge in [-0.15, -0.1) is 0 Å². The van der Waals surface area contributed by atoms with Gasteiger partial charge in [0.2, 0.25) is 0 Å². The van der Waals surface area contributed by atoms with E-state index < -0.39 is 0 Å². The number of hydrogen-bond acceptors (Lipinski definition) is 3. The van der Waals surface area contributed by atoms with Crippen LogP contribution in [0.3, 0.4) is 0 Å². The molecule has 2 N–H and O–H groups in total. The van der Waals surface area contributed by atoms with E-state index in [1.165, 1.54) is 89.9 Å². The van der Waals surface area contributed by atoms with Gasteiger partial charge in [0.05, 0.1) is 13.2 Å². The zero-order chi connectivity index (χ0) is 18.6. The minimum absolute atomic E-state index is 0.192. The zero-order valence-electron chi connectivity index (χ0n) is 17.4. The van der Waals surface area contributed by atoms with Crippen LogP contribution >= 0.6 is 0 Å². The summed E-state index contributed by atoms with van der Waals surface area (Å²) in [4.78, 5) is 2.16. The quantitative estimate of drug-likeness (QED) is 0.287. The lowest BCUT2D eigenvalue weighted by atomic mass is 10.0. The Balaban J connectivity index is 3.16. The first-order chi connectivity index (χ1) is 12.2. The Labute approximate surface area is 158 Å². The number of aliphatic hydroxyl groups is 2. The van der Waals surface area contributed by atoms with Crippen LogP contribution in [0.4, 0.5) is 0 Å². The molecule has 0 aliphatic heterocycles. The van der Waals surface area contributed by atoms with Crippen molar-refractivity contribution in [1.29, 1.82) is 0 Å². The molecule has 0 saturated heterocycles. The molecule has 0 saturated carbocycles. The summed E-state index contributed by atoms with van der Waals surface area (Å²) in [5.74, 6) is 0.875. The van der Waals surface area contributed by atoms with Crippen molar-refractivity contribution in [3.63, 3.8) is 0 Å². The number of hydrogen-bond donors (Lipinski definition) is 2. The van der Waals surface area contributed by atoms with E-state index in [-0.39, 0.29) is 13.2 Å². The number of aliphatic hydroxyl groups excluding tert-OH is 2. The summed E-state index contributed by atoms with van der Waals surface area (Å²) in [5, 5.41) is 18.0. The molecule has 0 aliphatic rings. The molecule has 0 aromatic rings. The summed E-state index contributed by atoms with van der Waals surface area (Å²) >= 11 is 0. The predicted molar refractivity (Wildman–Crippen MR) is 110 cm³/mol. The van der Waals surface area contributed by atoms with Crippen molar-refractivity contribution < 1.29 is 10.2 Å². The number of nitrogens with zero attached hydrogens (tertiary/aromatic N) is 1. The first-order valence-corrected chi connectivity index (χ1v) is 11.1. The Hall–Kier alpha value is -0.120. The summed E-state index contributed by atoms with van der Waals surface area (Å²) in [6.07, 6.45) is 19.4. The maximum Gasteiger partial charge on any atom is 0.0558 e. The lowest BCUT2D eigenvalue weighted by molar-refractivity contribution is 0.159. The maximum atomic E-state index is 8.98. The summed E-state index contributed by atoms with van der Waals surface area (Å²) in [5.41, 5.74) is 0. The van der Waals surface area contributed by atoms with Gasteiger partial charge in [-0.3, -0.25) is 4.90 Å². The second-order valence-electron chi connectivity index (χ2n) is 8.07. The molecule has 0 unspecified atom stereocenters. The van der Waals surface area contributed by atoms with Crippen LogP contribution in [0.1, 0.15) is 104 Å². The summed E-state index contributed by atoms with van der Waals surface area (Å²) in [6.45, 7) is 7.43. The molecular weight excluding hydrogens is 310 g/mol. The second-order valence-corrected chi connectivity index (χ2v) is 8.07. The predicted octanol–water partition coefficient (Wildman–Crippen LogP) is 5.39. The molecule has 0 aromatic carbocycles. The molecule has 152 valence electrons. The average Bonchev–Trinajstić information content (AvgIpc) is 2.58. The summed E-state index contributed by atoms with van der Waals surface area (Å²) in [7, 11) is 0. The molecule has 0 heterocycles. The molecule has 3 heteroatoms. The topological polar surface area (TPSA) is 43.7 Å². The van der Waals surface area contributed by atoms with E-state index in [4.69, 9.17) is 10.2 Å². The summed E-state index contributed by atoms with van der Waals surface area (Å²) < 4.78 is 0. The molecule has 0 aliphatic carbocycles. The highest BCUT2D eigenvalue weighted by Gasteiger charge is 2.02. The molecular formula is C22H47NO2. The average molecular weight is 358 g/mol. The van der Waals surface area contributed by atoms with Crippen LogP contribution in [-0.4, -0.2) is 48.0 Å². The van der Waals surface area contributed by atoms with E-state index in [1.54, 1.807) is 0 Å². The highest BCUT2D eigenvalue weighted by Crippen LogP contribution is 2.14. The Morgan fingerprint density at radius 1 is 0.520 bits per heavy atom. The molecule has 0 atom stereocenters. The first-order valence-electron chi connectivity index (χ1n) is 11.1. The van der Waals surface area contributed by atoms with Crippen molar-refractivity contribution >= 4 is 0 Å². The Kier molecular flexibility index (Phi) is 20.1. The van der Waals surface area contributed by atoms with Crippen molar-refractivity contribution in [3.8, 4) is 0 Å². The van der Waals surface area contributed by atoms with E-state index in [0.29, 0.717) is 13.1 Å². The highest BCUT2D eigenvalue weighted by atomic mass is 16.3. The van der Waals surface area contributed by atoms with E-state index >= 15 is 0 Å². The van der Waals surface area contributed by atoms with Gasteiger partial charge in [0.1, 0.15) is 0 Å². The van der Waals surface area contributed by atoms with E-state index in [0.717, 1.165) is 12.5 Å². The molecule has 0 radical (unpaired) electrons. The van der Waals surface area contributed by atoms with Crippen molar-refractivity contribution in [2.45, 2.75) is 104 Å². The number of unbranched alkanes of at least 4 members (excludes halogenated alkanes) is 12. The molecule has 0 aromatic heterocycles.